The molecule has 14 heavy (non-hydrogen) atoms. The summed E-state index contributed by atoms with van der Waals surface area (Å²) in [6, 6.07) is 0.369. The number of thioether (sulfide) groups is 1. The Hall–Kier alpha value is -0.970. The lowest BCUT2D eigenvalue weighted by Crippen LogP contribution is -2.06. The minimum atomic E-state index is -0.811. The molecule has 1 heterocycles. The summed E-state index contributed by atoms with van der Waals surface area (Å²) in [6.07, 6.45) is 4.60. The fraction of sp³-hybridized carbons (Fsp3) is 0.556. The van der Waals surface area contributed by atoms with Crippen molar-refractivity contribution in [3.8, 4) is 0 Å². The molecule has 0 saturated carbocycles. The standard InChI is InChI=1S/C9H14N2O2S/c1-3-7(2)11-5-4-10-9(11)14-6-8(12)13/h4-5,7H,3,6H2,1-2H3,(H,12,13). The Morgan fingerprint density at radius 3 is 3.07 bits per heavy atom. The van der Waals surface area contributed by atoms with Gasteiger partial charge in [-0.15, -0.1) is 0 Å². The zero-order chi connectivity index (χ0) is 10.6. The van der Waals surface area contributed by atoms with Crippen LogP contribution < -0.4 is 0 Å². The van der Waals surface area contributed by atoms with Gasteiger partial charge in [0, 0.05) is 18.4 Å². The largest absolute Gasteiger partial charge is 0.481 e. The average molecular weight is 214 g/mol. The van der Waals surface area contributed by atoms with Gasteiger partial charge in [-0.2, -0.15) is 0 Å². The molecule has 1 N–H and O–H groups in total. The van der Waals surface area contributed by atoms with E-state index < -0.39 is 5.97 Å². The van der Waals surface area contributed by atoms with Crippen LogP contribution >= 0.6 is 11.8 Å². The zero-order valence-electron chi connectivity index (χ0n) is 8.30. The lowest BCUT2D eigenvalue weighted by Gasteiger charge is -2.12. The van der Waals surface area contributed by atoms with Crippen LogP contribution in [0.15, 0.2) is 17.6 Å². The molecule has 0 saturated heterocycles. The third-order valence-corrected chi connectivity index (χ3v) is 2.99. The SMILES string of the molecule is CCC(C)n1ccnc1SCC(=O)O. The number of nitrogens with zero attached hydrogens (tertiary/aromatic N) is 2. The van der Waals surface area contributed by atoms with Gasteiger partial charge in [-0.25, -0.2) is 4.98 Å². The van der Waals surface area contributed by atoms with Crippen molar-refractivity contribution in [1.82, 2.24) is 9.55 Å². The maximum absolute atomic E-state index is 10.4. The van der Waals surface area contributed by atoms with E-state index in [4.69, 9.17) is 5.11 Å². The summed E-state index contributed by atoms with van der Waals surface area (Å²) >= 11 is 1.26. The van der Waals surface area contributed by atoms with E-state index in [1.165, 1.54) is 11.8 Å². The Balaban J connectivity index is 2.67. The van der Waals surface area contributed by atoms with Gasteiger partial charge in [-0.1, -0.05) is 18.7 Å². The number of carboxylic acids is 1. The van der Waals surface area contributed by atoms with Gasteiger partial charge in [0.05, 0.1) is 5.75 Å². The number of carboxylic acid groups (broad SMARTS) is 1. The second-order valence-corrected chi connectivity index (χ2v) is 4.00. The highest BCUT2D eigenvalue weighted by Gasteiger charge is 2.09. The average Bonchev–Trinajstić information content (AvgIpc) is 2.61. The molecule has 5 heteroatoms. The number of aliphatic carboxylic acids is 1. The van der Waals surface area contributed by atoms with Crippen molar-refractivity contribution in [2.45, 2.75) is 31.5 Å². The summed E-state index contributed by atoms with van der Waals surface area (Å²) in [7, 11) is 0. The molecule has 1 atom stereocenters. The number of carbonyl (C=O) groups is 1. The van der Waals surface area contributed by atoms with Crippen LogP contribution in [0.25, 0.3) is 0 Å². The lowest BCUT2D eigenvalue weighted by atomic mass is 10.3. The molecule has 78 valence electrons. The number of aromatic nitrogens is 2. The van der Waals surface area contributed by atoms with Crippen LogP contribution in [-0.4, -0.2) is 26.4 Å². The first kappa shape index (κ1) is 11.1. The molecule has 0 aromatic carbocycles. The topological polar surface area (TPSA) is 55.1 Å². The van der Waals surface area contributed by atoms with E-state index in [-0.39, 0.29) is 5.75 Å². The van der Waals surface area contributed by atoms with Crippen LogP contribution in [0.1, 0.15) is 26.3 Å². The molecule has 1 rings (SSSR count). The fourth-order valence-corrected chi connectivity index (χ4v) is 1.85. The van der Waals surface area contributed by atoms with Gasteiger partial charge in [0.25, 0.3) is 0 Å². The van der Waals surface area contributed by atoms with Crippen LogP contribution in [0.5, 0.6) is 0 Å². The molecule has 0 spiro atoms. The van der Waals surface area contributed by atoms with Gasteiger partial charge >= 0.3 is 5.97 Å². The van der Waals surface area contributed by atoms with Gasteiger partial charge in [0.2, 0.25) is 0 Å². The summed E-state index contributed by atoms with van der Waals surface area (Å²) in [4.78, 5) is 14.5. The predicted molar refractivity (Wildman–Crippen MR) is 55.6 cm³/mol. The minimum Gasteiger partial charge on any atom is -0.481 e. The quantitative estimate of drug-likeness (QED) is 0.762. The summed E-state index contributed by atoms with van der Waals surface area (Å²) in [5.74, 6) is -0.748. The number of rotatable bonds is 5. The minimum absolute atomic E-state index is 0.0629. The summed E-state index contributed by atoms with van der Waals surface area (Å²) in [6.45, 7) is 4.18. The fourth-order valence-electron chi connectivity index (χ4n) is 1.07. The Morgan fingerprint density at radius 2 is 2.50 bits per heavy atom. The smallest absolute Gasteiger partial charge is 0.313 e. The first-order valence-electron chi connectivity index (χ1n) is 4.52. The molecule has 0 aliphatic rings. The third-order valence-electron chi connectivity index (χ3n) is 2.02. The first-order valence-corrected chi connectivity index (χ1v) is 5.51. The molecule has 4 nitrogen and oxygen atoms in total. The Kier molecular flexibility index (Phi) is 4.00. The maximum atomic E-state index is 10.4. The lowest BCUT2D eigenvalue weighted by molar-refractivity contribution is -0.133. The maximum Gasteiger partial charge on any atom is 0.313 e. The van der Waals surface area contributed by atoms with Crippen molar-refractivity contribution in [3.05, 3.63) is 12.4 Å². The Labute approximate surface area is 87.3 Å². The van der Waals surface area contributed by atoms with Gasteiger partial charge in [0.15, 0.2) is 5.16 Å². The van der Waals surface area contributed by atoms with Crippen LogP contribution in [0.2, 0.25) is 0 Å². The van der Waals surface area contributed by atoms with Crippen molar-refractivity contribution in [2.24, 2.45) is 0 Å². The molecule has 0 radical (unpaired) electrons. The van der Waals surface area contributed by atoms with Crippen molar-refractivity contribution in [2.75, 3.05) is 5.75 Å². The zero-order valence-corrected chi connectivity index (χ0v) is 9.12. The van der Waals surface area contributed by atoms with Crippen molar-refractivity contribution in [3.63, 3.8) is 0 Å². The molecule has 0 bridgehead atoms. The Bertz CT molecular complexity index is 312. The molecule has 0 fully saturated rings. The predicted octanol–water partition coefficient (Wildman–Crippen LogP) is 2.03. The highest BCUT2D eigenvalue weighted by atomic mass is 32.2. The second-order valence-electron chi connectivity index (χ2n) is 3.06. The van der Waals surface area contributed by atoms with E-state index in [0.717, 1.165) is 11.6 Å². The van der Waals surface area contributed by atoms with Gasteiger partial charge in [-0.05, 0) is 13.3 Å². The normalized spacial score (nSPS) is 12.7. The molecule has 1 aromatic rings. The van der Waals surface area contributed by atoms with E-state index in [0.29, 0.717) is 6.04 Å². The van der Waals surface area contributed by atoms with E-state index >= 15 is 0 Å². The van der Waals surface area contributed by atoms with E-state index in [9.17, 15) is 4.79 Å². The molecular weight excluding hydrogens is 200 g/mol. The van der Waals surface area contributed by atoms with Crippen LogP contribution in [-0.2, 0) is 4.79 Å². The highest BCUT2D eigenvalue weighted by molar-refractivity contribution is 7.99. The monoisotopic (exact) mass is 214 g/mol. The molecule has 0 aliphatic heterocycles. The first-order chi connectivity index (χ1) is 6.65. The summed E-state index contributed by atoms with van der Waals surface area (Å²) in [5.41, 5.74) is 0. The van der Waals surface area contributed by atoms with Crippen molar-refractivity contribution >= 4 is 17.7 Å². The molecule has 1 unspecified atom stereocenters. The van der Waals surface area contributed by atoms with Crippen molar-refractivity contribution in [1.29, 1.82) is 0 Å². The van der Waals surface area contributed by atoms with E-state index in [1.54, 1.807) is 6.20 Å². The highest BCUT2D eigenvalue weighted by Crippen LogP contribution is 2.21. The van der Waals surface area contributed by atoms with E-state index in [2.05, 4.69) is 18.8 Å². The third kappa shape index (κ3) is 2.77. The van der Waals surface area contributed by atoms with E-state index in [1.807, 2.05) is 10.8 Å². The van der Waals surface area contributed by atoms with Crippen LogP contribution in [0, 0.1) is 0 Å². The molecular formula is C9H14N2O2S. The number of imidazole rings is 1. The number of hydrogen-bond acceptors (Lipinski definition) is 3. The van der Waals surface area contributed by atoms with Gasteiger partial charge in [0.1, 0.15) is 0 Å². The molecule has 1 aromatic heterocycles. The molecule has 0 amide bonds. The summed E-state index contributed by atoms with van der Waals surface area (Å²) in [5, 5.41) is 9.32. The summed E-state index contributed by atoms with van der Waals surface area (Å²) < 4.78 is 2.01. The van der Waals surface area contributed by atoms with Crippen molar-refractivity contribution < 1.29 is 9.90 Å². The van der Waals surface area contributed by atoms with Gasteiger partial charge < -0.3 is 9.67 Å². The Morgan fingerprint density at radius 1 is 1.79 bits per heavy atom. The van der Waals surface area contributed by atoms with Crippen LogP contribution in [0.4, 0.5) is 0 Å². The second kappa shape index (κ2) is 5.05. The van der Waals surface area contributed by atoms with Crippen LogP contribution in [0.3, 0.4) is 0 Å². The van der Waals surface area contributed by atoms with Gasteiger partial charge in [-0.3, -0.25) is 4.79 Å². The molecule has 0 aliphatic carbocycles. The number of hydrogen-bond donors (Lipinski definition) is 1.